The Bertz CT molecular complexity index is 635. The van der Waals surface area contributed by atoms with E-state index in [1.165, 1.54) is 6.92 Å². The minimum Gasteiger partial charge on any atom is -0.355 e. The lowest BCUT2D eigenvalue weighted by molar-refractivity contribution is -0.138. The molecule has 3 heterocycles. The lowest BCUT2D eigenvalue weighted by Gasteiger charge is -2.46. The monoisotopic (exact) mass is 352 g/mol. The Labute approximate surface area is 145 Å². The molecule has 1 aromatic heterocycles. The zero-order chi connectivity index (χ0) is 18.0. The van der Waals surface area contributed by atoms with Crippen LogP contribution >= 0.6 is 0 Å². The molecule has 2 amide bonds. The summed E-state index contributed by atoms with van der Waals surface area (Å²) in [6.45, 7) is 2.18. The first-order chi connectivity index (χ1) is 11.8. The van der Waals surface area contributed by atoms with Crippen LogP contribution in [-0.2, 0) is 16.0 Å². The van der Waals surface area contributed by atoms with Gasteiger partial charge in [-0.05, 0) is 11.6 Å². The SMILES string of the molecule is CC(=O)NC[C@@H]1CC(F)(F)CN1C1CN(C(=O)Cc2cccnc2)C1. The fourth-order valence-electron chi connectivity index (χ4n) is 3.46. The fraction of sp³-hybridized carbons (Fsp3) is 0.588. The maximum absolute atomic E-state index is 13.8. The Morgan fingerprint density at radius 1 is 1.40 bits per heavy atom. The Hall–Kier alpha value is -2.09. The van der Waals surface area contributed by atoms with Crippen LogP contribution in [0, 0.1) is 0 Å². The highest BCUT2D eigenvalue weighted by atomic mass is 19.3. The summed E-state index contributed by atoms with van der Waals surface area (Å²) in [7, 11) is 0. The van der Waals surface area contributed by atoms with Gasteiger partial charge in [0.25, 0.3) is 5.92 Å². The minimum atomic E-state index is -2.75. The zero-order valence-electron chi connectivity index (χ0n) is 14.1. The van der Waals surface area contributed by atoms with Crippen LogP contribution in [0.2, 0.25) is 0 Å². The molecule has 0 saturated carbocycles. The van der Waals surface area contributed by atoms with Gasteiger partial charge in [-0.15, -0.1) is 0 Å². The molecule has 1 aromatic rings. The molecule has 0 aliphatic carbocycles. The van der Waals surface area contributed by atoms with E-state index in [2.05, 4.69) is 10.3 Å². The van der Waals surface area contributed by atoms with Crippen molar-refractivity contribution in [2.45, 2.75) is 37.8 Å². The van der Waals surface area contributed by atoms with E-state index in [1.54, 1.807) is 28.3 Å². The molecule has 6 nitrogen and oxygen atoms in total. The highest BCUT2D eigenvalue weighted by Crippen LogP contribution is 2.35. The van der Waals surface area contributed by atoms with Gasteiger partial charge in [0.15, 0.2) is 0 Å². The van der Waals surface area contributed by atoms with Crippen molar-refractivity contribution in [1.29, 1.82) is 0 Å². The number of halogens is 2. The van der Waals surface area contributed by atoms with Crippen LogP contribution in [0.3, 0.4) is 0 Å². The standard InChI is InChI=1S/C17H22F2N4O2/c1-12(24)21-8-14-6-17(18,19)11-23(14)15-9-22(10-15)16(25)5-13-3-2-4-20-7-13/h2-4,7,14-15H,5-6,8-11H2,1H3,(H,21,24)/t14-/m0/s1. The summed E-state index contributed by atoms with van der Waals surface area (Å²) >= 11 is 0. The van der Waals surface area contributed by atoms with Gasteiger partial charge in [-0.25, -0.2) is 8.78 Å². The Morgan fingerprint density at radius 3 is 2.80 bits per heavy atom. The van der Waals surface area contributed by atoms with E-state index in [-0.39, 0.29) is 49.8 Å². The number of pyridine rings is 1. The molecule has 136 valence electrons. The molecule has 25 heavy (non-hydrogen) atoms. The third kappa shape index (κ3) is 4.31. The third-order valence-electron chi connectivity index (χ3n) is 4.77. The highest BCUT2D eigenvalue weighted by Gasteiger charge is 2.50. The van der Waals surface area contributed by atoms with Gasteiger partial charge in [0.1, 0.15) is 0 Å². The molecular formula is C17H22F2N4O2. The summed E-state index contributed by atoms with van der Waals surface area (Å²) in [5, 5.41) is 2.62. The molecule has 0 bridgehead atoms. The fourth-order valence-corrected chi connectivity index (χ4v) is 3.46. The van der Waals surface area contributed by atoms with Crippen LogP contribution in [0.15, 0.2) is 24.5 Å². The van der Waals surface area contributed by atoms with Crippen molar-refractivity contribution in [3.05, 3.63) is 30.1 Å². The summed E-state index contributed by atoms with van der Waals surface area (Å²) in [5.74, 6) is -2.99. The second kappa shape index (κ2) is 7.03. The van der Waals surface area contributed by atoms with Crippen LogP contribution in [0.5, 0.6) is 0 Å². The van der Waals surface area contributed by atoms with Crippen molar-refractivity contribution in [3.8, 4) is 0 Å². The van der Waals surface area contributed by atoms with E-state index in [9.17, 15) is 18.4 Å². The van der Waals surface area contributed by atoms with Crippen molar-refractivity contribution < 1.29 is 18.4 Å². The predicted octanol–water partition coefficient (Wildman–Crippen LogP) is 0.681. The molecule has 2 aliphatic rings. The van der Waals surface area contributed by atoms with Crippen LogP contribution in [-0.4, -0.2) is 70.8 Å². The Kier molecular flexibility index (Phi) is 4.99. The number of hydrogen-bond acceptors (Lipinski definition) is 4. The van der Waals surface area contributed by atoms with Crippen molar-refractivity contribution in [1.82, 2.24) is 20.1 Å². The first kappa shape index (κ1) is 17.7. The zero-order valence-corrected chi connectivity index (χ0v) is 14.1. The lowest BCUT2D eigenvalue weighted by Crippen LogP contribution is -2.63. The second-order valence-electron chi connectivity index (χ2n) is 6.81. The predicted molar refractivity (Wildman–Crippen MR) is 87.1 cm³/mol. The van der Waals surface area contributed by atoms with E-state index >= 15 is 0 Å². The van der Waals surface area contributed by atoms with Crippen molar-refractivity contribution in [3.63, 3.8) is 0 Å². The summed E-state index contributed by atoms with van der Waals surface area (Å²) < 4.78 is 27.6. The van der Waals surface area contributed by atoms with E-state index < -0.39 is 5.92 Å². The number of alkyl halides is 2. The van der Waals surface area contributed by atoms with Gasteiger partial charge in [-0.2, -0.15) is 0 Å². The summed E-state index contributed by atoms with van der Waals surface area (Å²) in [6.07, 6.45) is 3.31. The number of rotatable bonds is 5. The molecule has 0 radical (unpaired) electrons. The molecular weight excluding hydrogens is 330 g/mol. The smallest absolute Gasteiger partial charge is 0.262 e. The van der Waals surface area contributed by atoms with Gasteiger partial charge in [0.05, 0.1) is 13.0 Å². The van der Waals surface area contributed by atoms with E-state index in [1.807, 2.05) is 6.07 Å². The van der Waals surface area contributed by atoms with Gasteiger partial charge in [-0.1, -0.05) is 6.07 Å². The molecule has 2 fully saturated rings. The maximum Gasteiger partial charge on any atom is 0.262 e. The van der Waals surface area contributed by atoms with Gasteiger partial charge >= 0.3 is 0 Å². The van der Waals surface area contributed by atoms with Crippen LogP contribution in [0.1, 0.15) is 18.9 Å². The lowest BCUT2D eigenvalue weighted by atomic mass is 10.0. The van der Waals surface area contributed by atoms with Crippen molar-refractivity contribution in [2.24, 2.45) is 0 Å². The van der Waals surface area contributed by atoms with E-state index in [0.29, 0.717) is 13.1 Å². The Morgan fingerprint density at radius 2 is 2.16 bits per heavy atom. The normalized spacial score (nSPS) is 23.3. The second-order valence-corrected chi connectivity index (χ2v) is 6.81. The van der Waals surface area contributed by atoms with Crippen molar-refractivity contribution >= 4 is 11.8 Å². The molecule has 0 unspecified atom stereocenters. The maximum atomic E-state index is 13.8. The van der Waals surface area contributed by atoms with Crippen LogP contribution in [0.4, 0.5) is 8.78 Å². The Balaban J connectivity index is 1.53. The molecule has 1 N–H and O–H groups in total. The quantitative estimate of drug-likeness (QED) is 0.846. The molecule has 8 heteroatoms. The first-order valence-corrected chi connectivity index (χ1v) is 8.39. The average Bonchev–Trinajstić information content (AvgIpc) is 2.79. The number of carbonyl (C=O) groups excluding carboxylic acids is 2. The summed E-state index contributed by atoms with van der Waals surface area (Å²) in [6, 6.07) is 3.15. The minimum absolute atomic E-state index is 0.0198. The summed E-state index contributed by atoms with van der Waals surface area (Å²) in [4.78, 5) is 30.7. The van der Waals surface area contributed by atoms with E-state index in [4.69, 9.17) is 0 Å². The molecule has 0 aromatic carbocycles. The number of nitrogens with zero attached hydrogens (tertiary/aromatic N) is 3. The average molecular weight is 352 g/mol. The number of carbonyl (C=O) groups is 2. The summed E-state index contributed by atoms with van der Waals surface area (Å²) in [5.41, 5.74) is 0.840. The molecule has 0 spiro atoms. The van der Waals surface area contributed by atoms with Gasteiger partial charge < -0.3 is 10.2 Å². The van der Waals surface area contributed by atoms with E-state index in [0.717, 1.165) is 5.56 Å². The first-order valence-electron chi connectivity index (χ1n) is 8.39. The van der Waals surface area contributed by atoms with Crippen LogP contribution < -0.4 is 5.32 Å². The molecule has 3 rings (SSSR count). The number of amides is 2. The largest absolute Gasteiger partial charge is 0.355 e. The molecule has 2 aliphatic heterocycles. The van der Waals surface area contributed by atoms with Crippen LogP contribution in [0.25, 0.3) is 0 Å². The molecule has 1 atom stereocenters. The van der Waals surface area contributed by atoms with Gasteiger partial charge in [0.2, 0.25) is 11.8 Å². The van der Waals surface area contributed by atoms with Gasteiger partial charge in [-0.3, -0.25) is 19.5 Å². The molecule has 2 saturated heterocycles. The topological polar surface area (TPSA) is 65.5 Å². The van der Waals surface area contributed by atoms with Crippen molar-refractivity contribution in [2.75, 3.05) is 26.2 Å². The highest BCUT2D eigenvalue weighted by molar-refractivity contribution is 5.79. The third-order valence-corrected chi connectivity index (χ3v) is 4.77. The number of aromatic nitrogens is 1. The number of hydrogen-bond donors (Lipinski definition) is 1. The van der Waals surface area contributed by atoms with Gasteiger partial charge in [0, 0.05) is 57.5 Å². The number of likely N-dealkylation sites (tertiary alicyclic amines) is 2. The number of nitrogens with one attached hydrogen (secondary N) is 1.